The van der Waals surface area contributed by atoms with Gasteiger partial charge in [-0.25, -0.2) is 8.42 Å². The first-order valence-corrected chi connectivity index (χ1v) is 8.81. The van der Waals surface area contributed by atoms with E-state index in [0.29, 0.717) is 5.56 Å². The maximum Gasteiger partial charge on any atom is 0.263 e. The van der Waals surface area contributed by atoms with Gasteiger partial charge in [0.05, 0.1) is 10.9 Å². The molecule has 3 rings (SSSR count). The molecule has 1 aliphatic heterocycles. The van der Waals surface area contributed by atoms with Crippen molar-refractivity contribution in [3.63, 3.8) is 0 Å². The minimum absolute atomic E-state index is 0.165. The number of hydrogen-bond acceptors (Lipinski definition) is 5. The molecule has 1 aromatic carbocycles. The van der Waals surface area contributed by atoms with Crippen LogP contribution in [0.2, 0.25) is 0 Å². The molecule has 8 heteroatoms. The van der Waals surface area contributed by atoms with Crippen LogP contribution in [-0.2, 0) is 14.8 Å². The Labute approximate surface area is 139 Å². The average Bonchev–Trinajstić information content (AvgIpc) is 2.85. The van der Waals surface area contributed by atoms with Crippen LogP contribution in [0, 0.1) is 0 Å². The van der Waals surface area contributed by atoms with Crippen molar-refractivity contribution < 1.29 is 13.2 Å². The summed E-state index contributed by atoms with van der Waals surface area (Å²) in [5.41, 5.74) is 1.41. The molecule has 0 saturated carbocycles. The Kier molecular flexibility index (Phi) is 4.30. The third-order valence-electron chi connectivity index (χ3n) is 3.63. The minimum Gasteiger partial charge on any atom is -0.348 e. The Bertz CT molecular complexity index is 895. The number of fused-ring (bicyclic) bond motifs is 1. The van der Waals surface area contributed by atoms with E-state index in [1.54, 1.807) is 30.6 Å². The molecule has 0 spiro atoms. The number of aromatic nitrogens is 1. The fourth-order valence-electron chi connectivity index (χ4n) is 2.42. The van der Waals surface area contributed by atoms with Gasteiger partial charge in [0, 0.05) is 18.0 Å². The van der Waals surface area contributed by atoms with Crippen molar-refractivity contribution in [3.8, 4) is 0 Å². The number of amidine groups is 1. The molecule has 2 aromatic rings. The van der Waals surface area contributed by atoms with Crippen molar-refractivity contribution in [3.05, 3.63) is 59.9 Å². The van der Waals surface area contributed by atoms with Crippen LogP contribution in [0.1, 0.15) is 24.1 Å². The summed E-state index contributed by atoms with van der Waals surface area (Å²) in [6.07, 6.45) is 3.31. The van der Waals surface area contributed by atoms with Crippen LogP contribution in [0.3, 0.4) is 0 Å². The molecule has 0 fully saturated rings. The summed E-state index contributed by atoms with van der Waals surface area (Å²) in [4.78, 5) is 20.3. The number of aliphatic imine (C=N–C) groups is 1. The highest BCUT2D eigenvalue weighted by Crippen LogP contribution is 2.22. The number of carbonyl (C=O) groups is 1. The Morgan fingerprint density at radius 3 is 2.71 bits per heavy atom. The van der Waals surface area contributed by atoms with Crippen LogP contribution in [0.15, 0.2) is 58.7 Å². The summed E-state index contributed by atoms with van der Waals surface area (Å²) >= 11 is 0. The van der Waals surface area contributed by atoms with E-state index in [-0.39, 0.29) is 29.2 Å². The van der Waals surface area contributed by atoms with E-state index in [0.717, 1.165) is 5.56 Å². The van der Waals surface area contributed by atoms with Crippen LogP contribution >= 0.6 is 0 Å². The lowest BCUT2D eigenvalue weighted by atomic mass is 10.1. The smallest absolute Gasteiger partial charge is 0.263 e. The zero-order valence-electron chi connectivity index (χ0n) is 12.9. The minimum atomic E-state index is -3.59. The van der Waals surface area contributed by atoms with Gasteiger partial charge in [-0.15, -0.1) is 0 Å². The molecule has 1 aromatic heterocycles. The zero-order chi connectivity index (χ0) is 17.2. The van der Waals surface area contributed by atoms with E-state index in [4.69, 9.17) is 0 Å². The molecule has 0 bridgehead atoms. The van der Waals surface area contributed by atoms with Gasteiger partial charge in [-0.05, 0) is 36.8 Å². The average molecular weight is 344 g/mol. The van der Waals surface area contributed by atoms with Gasteiger partial charge in [0.1, 0.15) is 12.4 Å². The molecule has 124 valence electrons. The fraction of sp³-hybridized carbons (Fsp3) is 0.188. The Morgan fingerprint density at radius 1 is 1.25 bits per heavy atom. The summed E-state index contributed by atoms with van der Waals surface area (Å²) in [7, 11) is -3.59. The SMILES string of the molecule is C[C@H](NC(=O)CN=C1NS(=O)(=O)c2ccccc21)c1ccncc1. The van der Waals surface area contributed by atoms with Crippen molar-refractivity contribution in [2.75, 3.05) is 6.54 Å². The van der Waals surface area contributed by atoms with Crippen LogP contribution in [0.25, 0.3) is 0 Å². The number of pyridine rings is 1. The molecule has 1 atom stereocenters. The number of nitrogens with one attached hydrogen (secondary N) is 2. The summed E-state index contributed by atoms with van der Waals surface area (Å²) in [6.45, 7) is 1.69. The third-order valence-corrected chi connectivity index (χ3v) is 5.02. The second-order valence-electron chi connectivity index (χ2n) is 5.34. The Balaban J connectivity index is 1.70. The maximum atomic E-state index is 12.0. The van der Waals surface area contributed by atoms with Gasteiger partial charge in [0.2, 0.25) is 5.91 Å². The van der Waals surface area contributed by atoms with Crippen molar-refractivity contribution in [1.82, 2.24) is 15.0 Å². The molecule has 0 unspecified atom stereocenters. The lowest BCUT2D eigenvalue weighted by Crippen LogP contribution is -2.30. The Morgan fingerprint density at radius 2 is 1.96 bits per heavy atom. The number of hydrogen-bond donors (Lipinski definition) is 2. The quantitative estimate of drug-likeness (QED) is 0.864. The largest absolute Gasteiger partial charge is 0.348 e. The van der Waals surface area contributed by atoms with Gasteiger partial charge < -0.3 is 5.32 Å². The monoisotopic (exact) mass is 344 g/mol. The molecular weight excluding hydrogens is 328 g/mol. The van der Waals surface area contributed by atoms with Gasteiger partial charge in [0.15, 0.2) is 0 Å². The Hall–Kier alpha value is -2.74. The van der Waals surface area contributed by atoms with Crippen LogP contribution in [0.5, 0.6) is 0 Å². The normalized spacial score (nSPS) is 17.8. The molecule has 0 saturated heterocycles. The van der Waals surface area contributed by atoms with Crippen LogP contribution in [-0.4, -0.2) is 31.7 Å². The molecule has 1 aliphatic rings. The molecule has 0 aliphatic carbocycles. The first-order valence-electron chi connectivity index (χ1n) is 7.33. The second-order valence-corrected chi connectivity index (χ2v) is 6.99. The van der Waals surface area contributed by atoms with Gasteiger partial charge in [0.25, 0.3) is 10.0 Å². The summed E-state index contributed by atoms with van der Waals surface area (Å²) < 4.78 is 26.3. The van der Waals surface area contributed by atoms with Gasteiger partial charge in [-0.3, -0.25) is 19.5 Å². The van der Waals surface area contributed by atoms with E-state index < -0.39 is 10.0 Å². The van der Waals surface area contributed by atoms with Crippen molar-refractivity contribution >= 4 is 21.8 Å². The van der Waals surface area contributed by atoms with E-state index in [1.165, 1.54) is 6.07 Å². The first kappa shape index (κ1) is 16.1. The van der Waals surface area contributed by atoms with E-state index in [1.807, 2.05) is 19.1 Å². The third kappa shape index (κ3) is 3.28. The lowest BCUT2D eigenvalue weighted by molar-refractivity contribution is -0.120. The number of amides is 1. The van der Waals surface area contributed by atoms with Crippen molar-refractivity contribution in [2.45, 2.75) is 17.9 Å². The first-order chi connectivity index (χ1) is 11.5. The molecular formula is C16H16N4O3S. The molecule has 0 radical (unpaired) electrons. The highest BCUT2D eigenvalue weighted by atomic mass is 32.2. The number of rotatable bonds is 4. The number of benzene rings is 1. The molecule has 24 heavy (non-hydrogen) atoms. The zero-order valence-corrected chi connectivity index (χ0v) is 13.7. The standard InChI is InChI=1S/C16H16N4O3S/c1-11(12-6-8-17-9-7-12)19-15(21)10-18-16-13-4-2-3-5-14(13)24(22,23)20-16/h2-9,11H,10H2,1H3,(H,18,20)(H,19,21)/t11-/m0/s1. The van der Waals surface area contributed by atoms with Crippen LogP contribution in [0.4, 0.5) is 0 Å². The van der Waals surface area contributed by atoms with Crippen LogP contribution < -0.4 is 10.0 Å². The summed E-state index contributed by atoms with van der Waals surface area (Å²) in [5.74, 6) is -0.104. The molecule has 2 N–H and O–H groups in total. The number of nitrogens with zero attached hydrogens (tertiary/aromatic N) is 2. The number of sulfonamides is 1. The highest BCUT2D eigenvalue weighted by molar-refractivity contribution is 7.90. The highest BCUT2D eigenvalue weighted by Gasteiger charge is 2.30. The molecule has 1 amide bonds. The molecule has 7 nitrogen and oxygen atoms in total. The fourth-order valence-corrected chi connectivity index (χ4v) is 3.68. The molecule has 2 heterocycles. The van der Waals surface area contributed by atoms with E-state index >= 15 is 0 Å². The second kappa shape index (κ2) is 6.40. The van der Waals surface area contributed by atoms with Gasteiger partial charge in [-0.1, -0.05) is 12.1 Å². The number of carbonyl (C=O) groups excluding carboxylic acids is 1. The van der Waals surface area contributed by atoms with Gasteiger partial charge in [-0.2, -0.15) is 0 Å². The predicted octanol–water partition coefficient (Wildman–Crippen LogP) is 0.997. The maximum absolute atomic E-state index is 12.0. The van der Waals surface area contributed by atoms with Crippen molar-refractivity contribution in [1.29, 1.82) is 0 Å². The van der Waals surface area contributed by atoms with Gasteiger partial charge >= 0.3 is 0 Å². The predicted molar refractivity (Wildman–Crippen MR) is 89.0 cm³/mol. The lowest BCUT2D eigenvalue weighted by Gasteiger charge is -2.13. The summed E-state index contributed by atoms with van der Waals surface area (Å²) in [6, 6.07) is 9.98. The topological polar surface area (TPSA) is 101 Å². The summed E-state index contributed by atoms with van der Waals surface area (Å²) in [5, 5.41) is 2.81. The van der Waals surface area contributed by atoms with Crippen molar-refractivity contribution in [2.24, 2.45) is 4.99 Å². The van der Waals surface area contributed by atoms with E-state index in [9.17, 15) is 13.2 Å². The van der Waals surface area contributed by atoms with E-state index in [2.05, 4.69) is 20.0 Å².